The van der Waals surface area contributed by atoms with Crippen molar-refractivity contribution in [3.63, 3.8) is 0 Å². The molecule has 0 spiro atoms. The predicted octanol–water partition coefficient (Wildman–Crippen LogP) is 5.37. The smallest absolute Gasteiger partial charge is 0.197 e. The summed E-state index contributed by atoms with van der Waals surface area (Å²) in [5, 5.41) is 13.3. The second kappa shape index (κ2) is 7.97. The molecule has 5 nitrogen and oxygen atoms in total. The molecular formula is C22H16FN5S2. The third-order valence-corrected chi connectivity index (χ3v) is 6.74. The SMILES string of the molecule is Cn1c(Cc2ccccc2)nnc1Sc1ncnc2scc(-c3ccc(F)cc3)c12. The van der Waals surface area contributed by atoms with Crippen LogP contribution in [0.3, 0.4) is 0 Å². The zero-order chi connectivity index (χ0) is 20.5. The van der Waals surface area contributed by atoms with Gasteiger partial charge in [0.25, 0.3) is 0 Å². The van der Waals surface area contributed by atoms with E-state index in [2.05, 4.69) is 32.3 Å². The summed E-state index contributed by atoms with van der Waals surface area (Å²) >= 11 is 3.01. The fraction of sp³-hybridized carbons (Fsp3) is 0.0909. The molecule has 0 fully saturated rings. The van der Waals surface area contributed by atoms with Crippen molar-refractivity contribution in [3.05, 3.63) is 83.5 Å². The predicted molar refractivity (Wildman–Crippen MR) is 117 cm³/mol. The molecule has 0 aliphatic heterocycles. The fourth-order valence-electron chi connectivity index (χ4n) is 3.22. The van der Waals surface area contributed by atoms with Crippen LogP contribution in [0.25, 0.3) is 21.3 Å². The van der Waals surface area contributed by atoms with E-state index in [1.165, 1.54) is 29.5 Å². The normalized spacial score (nSPS) is 11.3. The Morgan fingerprint density at radius 2 is 1.80 bits per heavy atom. The molecule has 5 rings (SSSR count). The van der Waals surface area contributed by atoms with Crippen molar-refractivity contribution in [2.45, 2.75) is 16.6 Å². The van der Waals surface area contributed by atoms with Crippen molar-refractivity contribution in [3.8, 4) is 11.1 Å². The van der Waals surface area contributed by atoms with Crippen molar-refractivity contribution in [2.24, 2.45) is 7.05 Å². The van der Waals surface area contributed by atoms with Gasteiger partial charge in [0.05, 0.1) is 5.39 Å². The minimum atomic E-state index is -0.255. The molecule has 0 N–H and O–H groups in total. The summed E-state index contributed by atoms with van der Waals surface area (Å²) in [7, 11) is 1.97. The topological polar surface area (TPSA) is 56.5 Å². The summed E-state index contributed by atoms with van der Waals surface area (Å²) in [5.74, 6) is 0.632. The number of hydrogen-bond donors (Lipinski definition) is 0. The number of benzene rings is 2. The van der Waals surface area contributed by atoms with E-state index >= 15 is 0 Å². The number of halogens is 1. The van der Waals surface area contributed by atoms with E-state index in [0.29, 0.717) is 6.42 Å². The van der Waals surface area contributed by atoms with E-state index in [-0.39, 0.29) is 5.82 Å². The van der Waals surface area contributed by atoms with Gasteiger partial charge in [-0.1, -0.05) is 42.5 Å². The zero-order valence-corrected chi connectivity index (χ0v) is 17.6. The number of fused-ring (bicyclic) bond motifs is 1. The first-order valence-electron chi connectivity index (χ1n) is 9.27. The van der Waals surface area contributed by atoms with E-state index in [1.807, 2.05) is 35.2 Å². The Labute approximate surface area is 180 Å². The first kappa shape index (κ1) is 18.9. The third-order valence-electron chi connectivity index (χ3n) is 4.81. The van der Waals surface area contributed by atoms with E-state index in [4.69, 9.17) is 0 Å². The van der Waals surface area contributed by atoms with Gasteiger partial charge < -0.3 is 4.57 Å². The maximum absolute atomic E-state index is 13.4. The second-order valence-electron chi connectivity index (χ2n) is 6.74. The standard InChI is InChI=1S/C22H16FN5S2/c1-28-18(11-14-5-3-2-4-6-14)26-27-22(28)30-21-19-17(12-29-20(19)24-13-25-21)15-7-9-16(23)10-8-15/h2-10,12-13H,11H2,1H3. The molecule has 0 bridgehead atoms. The average Bonchev–Trinajstić information content (AvgIpc) is 3.35. The number of thiophene rings is 1. The number of nitrogens with zero attached hydrogens (tertiary/aromatic N) is 5. The minimum absolute atomic E-state index is 0.255. The van der Waals surface area contributed by atoms with Crippen LogP contribution in [0.5, 0.6) is 0 Å². The Balaban J connectivity index is 1.50. The average molecular weight is 434 g/mol. The van der Waals surface area contributed by atoms with Crippen LogP contribution < -0.4 is 0 Å². The van der Waals surface area contributed by atoms with Gasteiger partial charge in [-0.2, -0.15) is 0 Å². The van der Waals surface area contributed by atoms with Gasteiger partial charge in [-0.15, -0.1) is 21.5 Å². The maximum atomic E-state index is 13.4. The summed E-state index contributed by atoms with van der Waals surface area (Å²) in [4.78, 5) is 9.81. The fourth-order valence-corrected chi connectivity index (χ4v) is 5.11. The van der Waals surface area contributed by atoms with Gasteiger partial charge in [0, 0.05) is 24.4 Å². The van der Waals surface area contributed by atoms with Gasteiger partial charge in [0.15, 0.2) is 5.16 Å². The van der Waals surface area contributed by atoms with Crippen molar-refractivity contribution >= 4 is 33.3 Å². The number of hydrogen-bond acceptors (Lipinski definition) is 6. The van der Waals surface area contributed by atoms with Crippen molar-refractivity contribution in [1.82, 2.24) is 24.7 Å². The van der Waals surface area contributed by atoms with Gasteiger partial charge in [-0.05, 0) is 35.0 Å². The van der Waals surface area contributed by atoms with E-state index < -0.39 is 0 Å². The van der Waals surface area contributed by atoms with Gasteiger partial charge in [-0.25, -0.2) is 14.4 Å². The molecule has 0 amide bonds. The Morgan fingerprint density at radius 3 is 2.60 bits per heavy atom. The highest BCUT2D eigenvalue weighted by Gasteiger charge is 2.17. The molecule has 0 aliphatic carbocycles. The lowest BCUT2D eigenvalue weighted by molar-refractivity contribution is 0.628. The Kier molecular flexibility index (Phi) is 5.02. The summed E-state index contributed by atoms with van der Waals surface area (Å²) < 4.78 is 15.4. The molecule has 0 saturated heterocycles. The van der Waals surface area contributed by atoms with Crippen LogP contribution in [0.2, 0.25) is 0 Å². The largest absolute Gasteiger partial charge is 0.309 e. The van der Waals surface area contributed by atoms with Gasteiger partial charge in [0.2, 0.25) is 0 Å². The highest BCUT2D eigenvalue weighted by molar-refractivity contribution is 7.99. The molecule has 148 valence electrons. The molecule has 0 atom stereocenters. The van der Waals surface area contributed by atoms with Crippen LogP contribution in [0, 0.1) is 5.82 Å². The minimum Gasteiger partial charge on any atom is -0.309 e. The lowest BCUT2D eigenvalue weighted by atomic mass is 10.1. The Hall–Kier alpha value is -3.10. The lowest BCUT2D eigenvalue weighted by Crippen LogP contribution is -2.00. The van der Waals surface area contributed by atoms with Crippen LogP contribution in [-0.4, -0.2) is 24.7 Å². The molecule has 0 unspecified atom stereocenters. The number of aromatic nitrogens is 5. The van der Waals surface area contributed by atoms with Crippen LogP contribution in [0.1, 0.15) is 11.4 Å². The maximum Gasteiger partial charge on any atom is 0.197 e. The van der Waals surface area contributed by atoms with Gasteiger partial charge in [0.1, 0.15) is 27.8 Å². The van der Waals surface area contributed by atoms with Crippen molar-refractivity contribution in [2.75, 3.05) is 0 Å². The molecule has 3 heterocycles. The van der Waals surface area contributed by atoms with E-state index in [1.54, 1.807) is 29.8 Å². The molecule has 0 radical (unpaired) electrons. The van der Waals surface area contributed by atoms with Crippen LogP contribution in [0.4, 0.5) is 4.39 Å². The lowest BCUT2D eigenvalue weighted by Gasteiger charge is -2.06. The first-order valence-corrected chi connectivity index (χ1v) is 11.0. The molecule has 3 aromatic heterocycles. The van der Waals surface area contributed by atoms with Crippen LogP contribution in [0.15, 0.2) is 76.5 Å². The van der Waals surface area contributed by atoms with Gasteiger partial charge >= 0.3 is 0 Å². The molecule has 2 aromatic carbocycles. The van der Waals surface area contributed by atoms with Crippen molar-refractivity contribution in [1.29, 1.82) is 0 Å². The summed E-state index contributed by atoms with van der Waals surface area (Å²) in [6.07, 6.45) is 2.28. The second-order valence-corrected chi connectivity index (χ2v) is 8.55. The Bertz CT molecular complexity index is 1310. The summed E-state index contributed by atoms with van der Waals surface area (Å²) in [5.41, 5.74) is 3.11. The van der Waals surface area contributed by atoms with Crippen LogP contribution >= 0.6 is 23.1 Å². The molecule has 0 aliphatic rings. The number of rotatable bonds is 5. The van der Waals surface area contributed by atoms with Gasteiger partial charge in [-0.3, -0.25) is 0 Å². The molecule has 0 saturated carbocycles. The Morgan fingerprint density at radius 1 is 1.00 bits per heavy atom. The van der Waals surface area contributed by atoms with E-state index in [9.17, 15) is 4.39 Å². The quantitative estimate of drug-likeness (QED) is 0.349. The van der Waals surface area contributed by atoms with Crippen LogP contribution in [-0.2, 0) is 13.5 Å². The highest BCUT2D eigenvalue weighted by Crippen LogP contribution is 2.39. The highest BCUT2D eigenvalue weighted by atomic mass is 32.2. The van der Waals surface area contributed by atoms with Crippen molar-refractivity contribution < 1.29 is 4.39 Å². The third kappa shape index (κ3) is 3.59. The monoisotopic (exact) mass is 433 g/mol. The zero-order valence-electron chi connectivity index (χ0n) is 16.0. The first-order chi connectivity index (χ1) is 14.7. The summed E-state index contributed by atoms with van der Waals surface area (Å²) in [6, 6.07) is 16.7. The molecule has 30 heavy (non-hydrogen) atoms. The molecule has 5 aromatic rings. The van der Waals surface area contributed by atoms with E-state index in [0.717, 1.165) is 37.4 Å². The molecular weight excluding hydrogens is 417 g/mol. The summed E-state index contributed by atoms with van der Waals surface area (Å²) in [6.45, 7) is 0. The molecule has 8 heteroatoms.